The summed E-state index contributed by atoms with van der Waals surface area (Å²) in [4.78, 5) is 37.8. The van der Waals surface area contributed by atoms with Crippen molar-refractivity contribution in [3.8, 4) is 11.5 Å². The van der Waals surface area contributed by atoms with Crippen LogP contribution < -0.4 is 15.0 Å². The number of halogens is 1. The third-order valence-electron chi connectivity index (χ3n) is 3.74. The van der Waals surface area contributed by atoms with Crippen molar-refractivity contribution in [1.82, 2.24) is 5.32 Å². The van der Waals surface area contributed by atoms with Crippen molar-refractivity contribution in [2.24, 2.45) is 0 Å². The van der Waals surface area contributed by atoms with Gasteiger partial charge in [0, 0.05) is 10.6 Å². The Bertz CT molecular complexity index is 937. The average molecular weight is 373 g/mol. The summed E-state index contributed by atoms with van der Waals surface area (Å²) >= 11 is 5.82. The number of imide groups is 2. The van der Waals surface area contributed by atoms with Crippen LogP contribution in [0.15, 0.2) is 48.0 Å². The van der Waals surface area contributed by atoms with E-state index in [1.807, 2.05) is 0 Å². The molecule has 0 radical (unpaired) electrons. The number of anilines is 1. The number of rotatable bonds is 3. The van der Waals surface area contributed by atoms with Gasteiger partial charge in [0.2, 0.25) is 0 Å². The Kier molecular flexibility index (Phi) is 4.64. The van der Waals surface area contributed by atoms with Gasteiger partial charge in [-0.2, -0.15) is 0 Å². The van der Waals surface area contributed by atoms with E-state index in [9.17, 15) is 19.5 Å². The second kappa shape index (κ2) is 6.89. The molecule has 26 heavy (non-hydrogen) atoms. The molecule has 0 aliphatic carbocycles. The van der Waals surface area contributed by atoms with Crippen LogP contribution in [0.5, 0.6) is 11.5 Å². The highest BCUT2D eigenvalue weighted by atomic mass is 35.5. The third-order valence-corrected chi connectivity index (χ3v) is 3.99. The number of nitrogens with zero attached hydrogens (tertiary/aromatic N) is 1. The molecule has 2 aromatic carbocycles. The number of carbonyl (C=O) groups is 3. The van der Waals surface area contributed by atoms with Crippen LogP contribution in [0.3, 0.4) is 0 Å². The number of urea groups is 1. The summed E-state index contributed by atoms with van der Waals surface area (Å²) in [5.74, 6) is -1.71. The highest BCUT2D eigenvalue weighted by Crippen LogP contribution is 2.32. The second-order valence-electron chi connectivity index (χ2n) is 5.33. The van der Waals surface area contributed by atoms with E-state index in [1.54, 1.807) is 6.07 Å². The number of hydrogen-bond donors (Lipinski definition) is 2. The molecule has 0 spiro atoms. The Morgan fingerprint density at radius 3 is 2.46 bits per heavy atom. The normalized spacial score (nSPS) is 16.0. The minimum Gasteiger partial charge on any atom is -0.504 e. The fourth-order valence-electron chi connectivity index (χ4n) is 2.46. The first-order valence-electron chi connectivity index (χ1n) is 7.45. The maximum atomic E-state index is 12.7. The molecule has 1 heterocycles. The Labute approximate surface area is 153 Å². The predicted molar refractivity (Wildman–Crippen MR) is 95.1 cm³/mol. The maximum Gasteiger partial charge on any atom is 0.335 e. The van der Waals surface area contributed by atoms with Crippen LogP contribution in [0.4, 0.5) is 10.5 Å². The van der Waals surface area contributed by atoms with Gasteiger partial charge >= 0.3 is 6.03 Å². The molecule has 1 aliphatic rings. The summed E-state index contributed by atoms with van der Waals surface area (Å²) in [7, 11) is 1.38. The summed E-state index contributed by atoms with van der Waals surface area (Å²) < 4.78 is 5.01. The first-order valence-corrected chi connectivity index (χ1v) is 7.83. The van der Waals surface area contributed by atoms with E-state index in [-0.39, 0.29) is 28.3 Å². The molecule has 0 saturated carbocycles. The lowest BCUT2D eigenvalue weighted by Gasteiger charge is -2.26. The standard InChI is InChI=1S/C18H13ClN2O5/c1-26-14-4-2-3-10(15(14)22)9-13-16(23)20-18(25)21(17(13)24)12-7-5-11(19)6-8-12/h2-9,22H,1H3,(H,20,23,25)/b13-9+. The van der Waals surface area contributed by atoms with Gasteiger partial charge in [0.25, 0.3) is 11.8 Å². The fourth-order valence-corrected chi connectivity index (χ4v) is 2.58. The highest BCUT2D eigenvalue weighted by Gasteiger charge is 2.37. The van der Waals surface area contributed by atoms with Crippen molar-refractivity contribution in [2.45, 2.75) is 0 Å². The largest absolute Gasteiger partial charge is 0.504 e. The quantitative estimate of drug-likeness (QED) is 0.638. The van der Waals surface area contributed by atoms with E-state index in [0.717, 1.165) is 4.90 Å². The summed E-state index contributed by atoms with van der Waals surface area (Å²) in [6, 6.07) is 9.77. The molecule has 1 fully saturated rings. The predicted octanol–water partition coefficient (Wildman–Crippen LogP) is 2.72. The molecular weight excluding hydrogens is 360 g/mol. The minimum atomic E-state index is -0.866. The first kappa shape index (κ1) is 17.5. The lowest BCUT2D eigenvalue weighted by Crippen LogP contribution is -2.54. The number of nitrogens with one attached hydrogen (secondary N) is 1. The van der Waals surface area contributed by atoms with Gasteiger partial charge in [-0.25, -0.2) is 9.69 Å². The third kappa shape index (κ3) is 3.12. The number of barbiturate groups is 1. The smallest absolute Gasteiger partial charge is 0.335 e. The number of amides is 4. The monoisotopic (exact) mass is 372 g/mol. The number of benzene rings is 2. The van der Waals surface area contributed by atoms with Crippen molar-refractivity contribution >= 4 is 41.2 Å². The van der Waals surface area contributed by atoms with Crippen LogP contribution in [0, 0.1) is 0 Å². The average Bonchev–Trinajstić information content (AvgIpc) is 2.61. The molecule has 2 aromatic rings. The second-order valence-corrected chi connectivity index (χ2v) is 5.77. The molecule has 8 heteroatoms. The van der Waals surface area contributed by atoms with Crippen molar-refractivity contribution in [2.75, 3.05) is 12.0 Å². The Balaban J connectivity index is 2.04. The number of para-hydroxylation sites is 1. The zero-order valence-corrected chi connectivity index (χ0v) is 14.3. The molecule has 3 rings (SSSR count). The Morgan fingerprint density at radius 1 is 1.12 bits per heavy atom. The Hall–Kier alpha value is -3.32. The molecule has 0 aromatic heterocycles. The van der Waals surface area contributed by atoms with Crippen LogP contribution in [0.1, 0.15) is 5.56 Å². The number of phenolic OH excluding ortho intramolecular Hbond substituents is 1. The summed E-state index contributed by atoms with van der Waals surface area (Å²) in [5, 5.41) is 12.7. The molecule has 1 aliphatic heterocycles. The lowest BCUT2D eigenvalue weighted by atomic mass is 10.1. The molecule has 0 atom stereocenters. The van der Waals surface area contributed by atoms with E-state index < -0.39 is 17.8 Å². The van der Waals surface area contributed by atoms with Gasteiger partial charge in [-0.1, -0.05) is 23.7 Å². The van der Waals surface area contributed by atoms with Gasteiger partial charge in [0.15, 0.2) is 11.5 Å². The van der Waals surface area contributed by atoms with Gasteiger partial charge in [0.1, 0.15) is 5.57 Å². The number of hydrogen-bond acceptors (Lipinski definition) is 5. The van der Waals surface area contributed by atoms with Gasteiger partial charge in [0.05, 0.1) is 12.8 Å². The van der Waals surface area contributed by atoms with E-state index in [1.165, 1.54) is 49.6 Å². The zero-order valence-electron chi connectivity index (χ0n) is 13.5. The van der Waals surface area contributed by atoms with Crippen molar-refractivity contribution < 1.29 is 24.2 Å². The number of methoxy groups -OCH3 is 1. The van der Waals surface area contributed by atoms with Crippen molar-refractivity contribution in [3.63, 3.8) is 0 Å². The van der Waals surface area contributed by atoms with Gasteiger partial charge in [-0.15, -0.1) is 0 Å². The number of aromatic hydroxyl groups is 1. The van der Waals surface area contributed by atoms with Crippen LogP contribution in [-0.4, -0.2) is 30.1 Å². The maximum absolute atomic E-state index is 12.7. The molecule has 7 nitrogen and oxygen atoms in total. The minimum absolute atomic E-state index is 0.189. The SMILES string of the molecule is COc1cccc(/C=C2\C(=O)NC(=O)N(c3ccc(Cl)cc3)C2=O)c1O. The highest BCUT2D eigenvalue weighted by molar-refractivity contribution is 6.39. The molecule has 4 amide bonds. The van der Waals surface area contributed by atoms with Crippen LogP contribution in [-0.2, 0) is 9.59 Å². The molecule has 132 valence electrons. The number of carbonyl (C=O) groups excluding carboxylic acids is 3. The van der Waals surface area contributed by atoms with Gasteiger partial charge < -0.3 is 9.84 Å². The van der Waals surface area contributed by atoms with E-state index in [0.29, 0.717) is 5.02 Å². The summed E-state index contributed by atoms with van der Waals surface area (Å²) in [5.41, 5.74) is 0.154. The van der Waals surface area contributed by atoms with Crippen molar-refractivity contribution in [3.05, 3.63) is 58.6 Å². The molecule has 1 saturated heterocycles. The first-order chi connectivity index (χ1) is 12.4. The number of ether oxygens (including phenoxy) is 1. The van der Waals surface area contributed by atoms with Gasteiger partial charge in [-0.3, -0.25) is 14.9 Å². The van der Waals surface area contributed by atoms with Crippen LogP contribution in [0.25, 0.3) is 6.08 Å². The number of phenols is 1. The van der Waals surface area contributed by atoms with Crippen LogP contribution in [0.2, 0.25) is 5.02 Å². The topological polar surface area (TPSA) is 95.9 Å². The molecule has 0 unspecified atom stereocenters. The van der Waals surface area contributed by atoms with E-state index in [2.05, 4.69) is 5.32 Å². The van der Waals surface area contributed by atoms with Gasteiger partial charge in [-0.05, 0) is 36.4 Å². The lowest BCUT2D eigenvalue weighted by molar-refractivity contribution is -0.122. The molecule has 0 bridgehead atoms. The zero-order chi connectivity index (χ0) is 18.8. The molecular formula is C18H13ClN2O5. The summed E-state index contributed by atoms with van der Waals surface area (Å²) in [6.07, 6.45) is 1.20. The fraction of sp³-hybridized carbons (Fsp3) is 0.0556. The Morgan fingerprint density at radius 2 is 1.81 bits per heavy atom. The van der Waals surface area contributed by atoms with E-state index >= 15 is 0 Å². The van der Waals surface area contributed by atoms with Crippen molar-refractivity contribution in [1.29, 1.82) is 0 Å². The van der Waals surface area contributed by atoms with Crippen LogP contribution >= 0.6 is 11.6 Å². The summed E-state index contributed by atoms with van der Waals surface area (Å²) in [6.45, 7) is 0. The molecule has 2 N–H and O–H groups in total. The van der Waals surface area contributed by atoms with E-state index in [4.69, 9.17) is 16.3 Å².